The second-order valence-corrected chi connectivity index (χ2v) is 12.9. The first-order chi connectivity index (χ1) is 24.7. The fourth-order valence-electron chi connectivity index (χ4n) is 4.94. The fourth-order valence-corrected chi connectivity index (χ4v) is 6.35. The molecule has 0 spiro atoms. The first-order valence-electron chi connectivity index (χ1n) is 15.5. The molecule has 0 radical (unpaired) electrons. The highest BCUT2D eigenvalue weighted by molar-refractivity contribution is 9.10. The summed E-state index contributed by atoms with van der Waals surface area (Å²) in [5, 5.41) is 7.51. The number of ether oxygens (including phenoxy) is 3. The molecule has 1 atom stereocenters. The van der Waals surface area contributed by atoms with Crippen molar-refractivity contribution in [3.05, 3.63) is 148 Å². The molecule has 0 fully saturated rings. The summed E-state index contributed by atoms with van der Waals surface area (Å²) in [6.45, 7) is 0. The van der Waals surface area contributed by atoms with E-state index in [1.807, 2.05) is 30.3 Å². The van der Waals surface area contributed by atoms with Crippen LogP contribution in [0.4, 0.5) is 15.8 Å². The lowest BCUT2D eigenvalue weighted by molar-refractivity contribution is -0.116. The third kappa shape index (κ3) is 9.56. The Balaban J connectivity index is 1.44. The summed E-state index contributed by atoms with van der Waals surface area (Å²) in [7, 11) is 4.45. The van der Waals surface area contributed by atoms with E-state index >= 15 is 0 Å². The van der Waals surface area contributed by atoms with Gasteiger partial charge in [-0.05, 0) is 66.2 Å². The van der Waals surface area contributed by atoms with Gasteiger partial charge in [0.05, 0.1) is 27.0 Å². The Bertz CT molecular complexity index is 2060. The Morgan fingerprint density at radius 2 is 1.41 bits per heavy atom. The number of benzene rings is 5. The molecule has 3 amide bonds. The van der Waals surface area contributed by atoms with Crippen LogP contribution in [-0.2, 0) is 9.59 Å². The standard InChI is InChI=1S/C39H33BrFN3O6S/c1-48-33-23-35(50-3)34(49-2)20-26(33)19-32(44-37(45)25-13-8-5-9-14-25)38(46)42-28-15-10-16-29(22-28)51-36(24-11-6-4-7-12-24)39(47)43-31-18-17-27(40)21-30(31)41/h4-23,36H,1-3H3,(H,42,46)(H,43,47)(H,44,45)/b32-19+. The number of carbonyl (C=O) groups is 3. The summed E-state index contributed by atoms with van der Waals surface area (Å²) < 4.78 is 31.6. The Labute approximate surface area is 307 Å². The van der Waals surface area contributed by atoms with E-state index in [-0.39, 0.29) is 11.4 Å². The quantitative estimate of drug-likeness (QED) is 0.0813. The maximum Gasteiger partial charge on any atom is 0.272 e. The molecule has 5 aromatic carbocycles. The molecule has 260 valence electrons. The number of amides is 3. The number of hydrogen-bond acceptors (Lipinski definition) is 7. The minimum atomic E-state index is -0.765. The van der Waals surface area contributed by atoms with Crippen molar-refractivity contribution in [2.24, 2.45) is 0 Å². The van der Waals surface area contributed by atoms with Crippen LogP contribution < -0.4 is 30.2 Å². The van der Waals surface area contributed by atoms with Crippen molar-refractivity contribution in [2.45, 2.75) is 10.1 Å². The smallest absolute Gasteiger partial charge is 0.272 e. The number of hydrogen-bond donors (Lipinski definition) is 3. The molecule has 0 aromatic heterocycles. The van der Waals surface area contributed by atoms with E-state index in [0.717, 1.165) is 0 Å². The fraction of sp³-hybridized carbons (Fsp3) is 0.103. The minimum absolute atomic E-state index is 0.0497. The molecule has 5 aromatic rings. The average Bonchev–Trinajstić information content (AvgIpc) is 3.15. The van der Waals surface area contributed by atoms with Gasteiger partial charge in [0.1, 0.15) is 22.5 Å². The highest BCUT2D eigenvalue weighted by Gasteiger charge is 2.24. The summed E-state index contributed by atoms with van der Waals surface area (Å²) in [5.41, 5.74) is 1.86. The Hall–Kier alpha value is -5.59. The Morgan fingerprint density at radius 1 is 0.745 bits per heavy atom. The lowest BCUT2D eigenvalue weighted by Gasteiger charge is -2.18. The van der Waals surface area contributed by atoms with Gasteiger partial charge in [0.25, 0.3) is 11.8 Å². The van der Waals surface area contributed by atoms with Crippen molar-refractivity contribution < 1.29 is 33.0 Å². The zero-order valence-electron chi connectivity index (χ0n) is 27.7. The van der Waals surface area contributed by atoms with Crippen LogP contribution in [0.5, 0.6) is 17.2 Å². The van der Waals surface area contributed by atoms with Gasteiger partial charge in [0.2, 0.25) is 5.91 Å². The number of rotatable bonds is 13. The molecule has 0 heterocycles. The van der Waals surface area contributed by atoms with Gasteiger partial charge in [0, 0.05) is 32.2 Å². The van der Waals surface area contributed by atoms with Gasteiger partial charge in [-0.15, -0.1) is 11.8 Å². The molecule has 1 unspecified atom stereocenters. The first-order valence-corrected chi connectivity index (χ1v) is 17.1. The maximum absolute atomic E-state index is 14.6. The van der Waals surface area contributed by atoms with Gasteiger partial charge in [0.15, 0.2) is 11.5 Å². The Morgan fingerprint density at radius 3 is 2.08 bits per heavy atom. The molecule has 5 rings (SSSR count). The maximum atomic E-state index is 14.6. The number of halogens is 2. The molecule has 0 saturated heterocycles. The van der Waals surface area contributed by atoms with Crippen LogP contribution in [0.25, 0.3) is 6.08 Å². The monoisotopic (exact) mass is 769 g/mol. The lowest BCUT2D eigenvalue weighted by Crippen LogP contribution is -2.30. The molecule has 51 heavy (non-hydrogen) atoms. The number of methoxy groups -OCH3 is 3. The largest absolute Gasteiger partial charge is 0.496 e. The summed E-state index contributed by atoms with van der Waals surface area (Å²) in [6, 6.07) is 32.2. The predicted octanol–water partition coefficient (Wildman–Crippen LogP) is 8.50. The summed E-state index contributed by atoms with van der Waals surface area (Å²) >= 11 is 4.46. The van der Waals surface area contributed by atoms with Gasteiger partial charge in [-0.1, -0.05) is 70.5 Å². The van der Waals surface area contributed by atoms with Crippen molar-refractivity contribution in [2.75, 3.05) is 32.0 Å². The number of anilines is 2. The molecule has 9 nitrogen and oxygen atoms in total. The van der Waals surface area contributed by atoms with Crippen molar-refractivity contribution in [3.8, 4) is 17.2 Å². The molecule has 0 saturated carbocycles. The molecule has 0 bridgehead atoms. The zero-order valence-corrected chi connectivity index (χ0v) is 30.1. The van der Waals surface area contributed by atoms with Crippen LogP contribution in [-0.4, -0.2) is 39.1 Å². The number of nitrogens with one attached hydrogen (secondary N) is 3. The summed E-state index contributed by atoms with van der Waals surface area (Å²) in [5.74, 6) is -0.944. The highest BCUT2D eigenvalue weighted by Crippen LogP contribution is 2.38. The van der Waals surface area contributed by atoms with Gasteiger partial charge < -0.3 is 30.2 Å². The second kappa shape index (κ2) is 17.4. The second-order valence-electron chi connectivity index (χ2n) is 10.8. The Kier molecular flexibility index (Phi) is 12.5. The van der Waals surface area contributed by atoms with Crippen LogP contribution in [0, 0.1) is 5.82 Å². The normalized spacial score (nSPS) is 11.6. The molecule has 0 aliphatic rings. The van der Waals surface area contributed by atoms with E-state index < -0.39 is 28.8 Å². The van der Waals surface area contributed by atoms with Crippen molar-refractivity contribution >= 4 is 62.9 Å². The third-order valence-electron chi connectivity index (χ3n) is 7.44. The van der Waals surface area contributed by atoms with E-state index in [1.54, 1.807) is 72.8 Å². The van der Waals surface area contributed by atoms with Gasteiger partial charge in [-0.3, -0.25) is 14.4 Å². The van der Waals surface area contributed by atoms with E-state index in [9.17, 15) is 18.8 Å². The third-order valence-corrected chi connectivity index (χ3v) is 9.18. The highest BCUT2D eigenvalue weighted by atomic mass is 79.9. The van der Waals surface area contributed by atoms with Crippen LogP contribution >= 0.6 is 27.7 Å². The summed E-state index contributed by atoms with van der Waals surface area (Å²) in [6.07, 6.45) is 1.48. The van der Waals surface area contributed by atoms with Crippen LogP contribution in [0.2, 0.25) is 0 Å². The molecular weight excluding hydrogens is 737 g/mol. The molecule has 12 heteroatoms. The van der Waals surface area contributed by atoms with Crippen molar-refractivity contribution in [1.29, 1.82) is 0 Å². The number of thioether (sulfide) groups is 1. The minimum Gasteiger partial charge on any atom is -0.496 e. The SMILES string of the molecule is COc1cc(OC)c(OC)cc1/C=C(/NC(=O)c1ccccc1)C(=O)Nc1cccc(SC(C(=O)Nc2ccc(Br)cc2F)c2ccccc2)c1. The molecule has 3 N–H and O–H groups in total. The van der Waals surface area contributed by atoms with Gasteiger partial charge >= 0.3 is 0 Å². The van der Waals surface area contributed by atoms with Crippen LogP contribution in [0.1, 0.15) is 26.7 Å². The van der Waals surface area contributed by atoms with Crippen molar-refractivity contribution in [1.82, 2.24) is 5.32 Å². The van der Waals surface area contributed by atoms with Crippen molar-refractivity contribution in [3.63, 3.8) is 0 Å². The van der Waals surface area contributed by atoms with E-state index in [0.29, 0.717) is 49.0 Å². The summed E-state index contributed by atoms with van der Waals surface area (Å²) in [4.78, 5) is 41.4. The zero-order chi connectivity index (χ0) is 36.3. The van der Waals surface area contributed by atoms with E-state index in [1.165, 1.54) is 51.3 Å². The predicted molar refractivity (Wildman–Crippen MR) is 201 cm³/mol. The average molecular weight is 771 g/mol. The van der Waals surface area contributed by atoms with Gasteiger partial charge in [-0.2, -0.15) is 0 Å². The van der Waals surface area contributed by atoms with E-state index in [2.05, 4.69) is 31.9 Å². The molecule has 0 aliphatic heterocycles. The van der Waals surface area contributed by atoms with E-state index in [4.69, 9.17) is 14.2 Å². The van der Waals surface area contributed by atoms with Gasteiger partial charge in [-0.25, -0.2) is 4.39 Å². The molecule has 0 aliphatic carbocycles. The topological polar surface area (TPSA) is 115 Å². The lowest BCUT2D eigenvalue weighted by atomic mass is 10.1. The number of carbonyl (C=O) groups excluding carboxylic acids is 3. The van der Waals surface area contributed by atoms with Crippen LogP contribution in [0.15, 0.2) is 130 Å². The van der Waals surface area contributed by atoms with Crippen LogP contribution in [0.3, 0.4) is 0 Å². The molecular formula is C39H33BrFN3O6S. The first kappa shape index (κ1) is 36.7.